The lowest BCUT2D eigenvalue weighted by atomic mass is 9.97. The summed E-state index contributed by atoms with van der Waals surface area (Å²) in [5, 5.41) is 0. The van der Waals surface area contributed by atoms with Gasteiger partial charge in [-0.1, -0.05) is 39.0 Å². The second kappa shape index (κ2) is 8.29. The van der Waals surface area contributed by atoms with Crippen LogP contribution in [0.5, 0.6) is 0 Å². The Kier molecular flexibility index (Phi) is 5.73. The highest BCUT2D eigenvalue weighted by atomic mass is 127. The van der Waals surface area contributed by atoms with E-state index in [9.17, 15) is 9.59 Å². The number of aromatic nitrogens is 4. The van der Waals surface area contributed by atoms with Gasteiger partial charge in [0.2, 0.25) is 0 Å². The van der Waals surface area contributed by atoms with Crippen LogP contribution in [-0.4, -0.2) is 19.5 Å². The van der Waals surface area contributed by atoms with Crippen molar-refractivity contribution in [1.29, 1.82) is 0 Å². The van der Waals surface area contributed by atoms with E-state index < -0.39 is 11.2 Å². The minimum Gasteiger partial charge on any atom is -0.322 e. The van der Waals surface area contributed by atoms with Crippen LogP contribution >= 0.6 is 22.6 Å². The van der Waals surface area contributed by atoms with E-state index >= 15 is 0 Å². The molecule has 0 bridgehead atoms. The summed E-state index contributed by atoms with van der Waals surface area (Å²) in [4.78, 5) is 35.2. The standard InChI is InChI=1S/C23H23IN4O2/c1-13(2)16-6-9-19-18(12-16)25-20-21(26-23(30)27-22(20)29)28(19)11-10-14(3)15-4-7-17(24)8-5-15/h4-9,12-14H,10-11H2,1-3H3,(H,27,29,30). The molecule has 0 radical (unpaired) electrons. The van der Waals surface area contributed by atoms with Crippen molar-refractivity contribution in [3.05, 3.63) is 78.0 Å². The molecule has 30 heavy (non-hydrogen) atoms. The second-order valence-electron chi connectivity index (χ2n) is 7.95. The summed E-state index contributed by atoms with van der Waals surface area (Å²) in [6.07, 6.45) is 0.841. The molecule has 2 aliphatic heterocycles. The second-order valence-corrected chi connectivity index (χ2v) is 9.20. The number of aryl methyl sites for hydroxylation is 1. The van der Waals surface area contributed by atoms with Crippen molar-refractivity contribution < 1.29 is 0 Å². The Hall–Kier alpha value is -2.55. The van der Waals surface area contributed by atoms with E-state index in [4.69, 9.17) is 0 Å². The van der Waals surface area contributed by atoms with Crippen LogP contribution in [0, 0.1) is 3.57 Å². The summed E-state index contributed by atoms with van der Waals surface area (Å²) >= 11 is 2.30. The molecule has 0 aromatic heterocycles. The van der Waals surface area contributed by atoms with Crippen LogP contribution < -0.4 is 11.2 Å². The maximum Gasteiger partial charge on any atom is 0.349 e. The molecule has 6 nitrogen and oxygen atoms in total. The van der Waals surface area contributed by atoms with Crippen LogP contribution in [0.1, 0.15) is 50.2 Å². The molecule has 2 heterocycles. The summed E-state index contributed by atoms with van der Waals surface area (Å²) < 4.78 is 3.16. The molecule has 2 aromatic carbocycles. The molecule has 0 saturated carbocycles. The minimum atomic E-state index is -0.646. The molecule has 0 aliphatic carbocycles. The van der Waals surface area contributed by atoms with Gasteiger partial charge in [0.25, 0.3) is 5.56 Å². The SMILES string of the molecule is CC(C)c1ccc2c(c1)nc1c(=O)[nH]c(=O)nc-1n2CCC(C)c1ccc(I)cc1. The summed E-state index contributed by atoms with van der Waals surface area (Å²) in [5.74, 6) is 1.00. The highest BCUT2D eigenvalue weighted by molar-refractivity contribution is 14.1. The minimum absolute atomic E-state index is 0.199. The third-order valence-electron chi connectivity index (χ3n) is 5.52. The maximum atomic E-state index is 12.4. The Labute approximate surface area is 187 Å². The largest absolute Gasteiger partial charge is 0.349 e. The normalized spacial score (nSPS) is 12.7. The van der Waals surface area contributed by atoms with E-state index in [0.29, 0.717) is 24.2 Å². The molecule has 0 amide bonds. The first-order valence-electron chi connectivity index (χ1n) is 10.0. The Balaban J connectivity index is 1.81. The van der Waals surface area contributed by atoms with E-state index in [-0.39, 0.29) is 5.69 Å². The number of nitrogens with one attached hydrogen (secondary N) is 1. The van der Waals surface area contributed by atoms with Crippen LogP contribution in [0.15, 0.2) is 52.1 Å². The average molecular weight is 514 g/mol. The van der Waals surface area contributed by atoms with Gasteiger partial charge in [0, 0.05) is 10.1 Å². The van der Waals surface area contributed by atoms with E-state index in [2.05, 4.69) is 88.6 Å². The van der Waals surface area contributed by atoms with Crippen molar-refractivity contribution in [3.8, 4) is 11.5 Å². The average Bonchev–Trinajstić information content (AvgIpc) is 2.71. The Bertz CT molecular complexity index is 1290. The molecule has 0 fully saturated rings. The lowest BCUT2D eigenvalue weighted by Gasteiger charge is -2.19. The van der Waals surface area contributed by atoms with Gasteiger partial charge < -0.3 is 4.57 Å². The van der Waals surface area contributed by atoms with E-state index in [1.165, 1.54) is 9.13 Å². The smallest absolute Gasteiger partial charge is 0.322 e. The first-order chi connectivity index (χ1) is 14.3. The van der Waals surface area contributed by atoms with Crippen LogP contribution in [-0.2, 0) is 6.54 Å². The molecule has 1 N–H and O–H groups in total. The van der Waals surface area contributed by atoms with E-state index in [1.54, 1.807) is 0 Å². The zero-order valence-corrected chi connectivity index (χ0v) is 19.3. The monoisotopic (exact) mass is 514 g/mol. The van der Waals surface area contributed by atoms with Gasteiger partial charge in [-0.05, 0) is 76.2 Å². The number of aromatic amines is 1. The predicted octanol–water partition coefficient (Wildman–Crippen LogP) is 4.51. The van der Waals surface area contributed by atoms with Gasteiger partial charge in [0.05, 0.1) is 11.0 Å². The first-order valence-corrected chi connectivity index (χ1v) is 11.1. The molecule has 0 spiro atoms. The van der Waals surface area contributed by atoms with Gasteiger partial charge in [-0.15, -0.1) is 0 Å². The van der Waals surface area contributed by atoms with Crippen LogP contribution in [0.2, 0.25) is 0 Å². The Morgan fingerprint density at radius 3 is 2.40 bits per heavy atom. The molecular formula is C23H23IN4O2. The summed E-state index contributed by atoms with van der Waals surface area (Å²) in [5.41, 5.74) is 3.08. The molecule has 154 valence electrons. The lowest BCUT2D eigenvalue weighted by Crippen LogP contribution is -2.29. The van der Waals surface area contributed by atoms with Crippen molar-refractivity contribution in [2.45, 2.75) is 45.6 Å². The molecule has 2 aromatic rings. The number of halogens is 1. The van der Waals surface area contributed by atoms with Gasteiger partial charge in [0.15, 0.2) is 11.5 Å². The number of hydrogen-bond acceptors (Lipinski definition) is 4. The van der Waals surface area contributed by atoms with Crippen LogP contribution in [0.25, 0.3) is 22.6 Å². The van der Waals surface area contributed by atoms with Crippen LogP contribution in [0.3, 0.4) is 0 Å². The van der Waals surface area contributed by atoms with Crippen molar-refractivity contribution >= 4 is 33.6 Å². The number of rotatable bonds is 5. The molecule has 7 heteroatoms. The zero-order valence-electron chi connectivity index (χ0n) is 17.1. The van der Waals surface area contributed by atoms with Crippen molar-refractivity contribution in [2.24, 2.45) is 0 Å². The Morgan fingerprint density at radius 1 is 1.00 bits per heavy atom. The van der Waals surface area contributed by atoms with E-state index in [1.807, 2.05) is 16.7 Å². The van der Waals surface area contributed by atoms with Crippen molar-refractivity contribution in [3.63, 3.8) is 0 Å². The predicted molar refractivity (Wildman–Crippen MR) is 127 cm³/mol. The molecule has 2 aliphatic rings. The third-order valence-corrected chi connectivity index (χ3v) is 6.24. The number of hydrogen-bond donors (Lipinski definition) is 1. The highest BCUT2D eigenvalue weighted by Gasteiger charge is 2.19. The third kappa shape index (κ3) is 4.03. The first kappa shape index (κ1) is 20.7. The lowest BCUT2D eigenvalue weighted by molar-refractivity contribution is 0.582. The van der Waals surface area contributed by atoms with Gasteiger partial charge in [-0.2, -0.15) is 4.98 Å². The van der Waals surface area contributed by atoms with Crippen molar-refractivity contribution in [1.82, 2.24) is 19.5 Å². The van der Waals surface area contributed by atoms with Gasteiger partial charge in [-0.25, -0.2) is 9.78 Å². The highest BCUT2D eigenvalue weighted by Crippen LogP contribution is 2.27. The van der Waals surface area contributed by atoms with Gasteiger partial charge in [-0.3, -0.25) is 9.78 Å². The fourth-order valence-corrected chi connectivity index (χ4v) is 4.04. The number of benzene rings is 2. The molecular weight excluding hydrogens is 491 g/mol. The van der Waals surface area contributed by atoms with E-state index in [0.717, 1.165) is 23.0 Å². The van der Waals surface area contributed by atoms with Crippen molar-refractivity contribution in [2.75, 3.05) is 0 Å². The maximum absolute atomic E-state index is 12.4. The molecule has 1 atom stereocenters. The molecule has 1 unspecified atom stereocenters. The van der Waals surface area contributed by atoms with Gasteiger partial charge in [0.1, 0.15) is 0 Å². The van der Waals surface area contributed by atoms with Crippen LogP contribution in [0.4, 0.5) is 0 Å². The zero-order chi connectivity index (χ0) is 21.4. The quantitative estimate of drug-likeness (QED) is 0.314. The van der Waals surface area contributed by atoms with Gasteiger partial charge >= 0.3 is 5.69 Å². The summed E-state index contributed by atoms with van der Waals surface area (Å²) in [6.45, 7) is 7.05. The fourth-order valence-electron chi connectivity index (χ4n) is 3.68. The number of fused-ring (bicyclic) bond motifs is 2. The number of H-pyrrole nitrogens is 1. The summed E-state index contributed by atoms with van der Waals surface area (Å²) in [6, 6.07) is 14.6. The summed E-state index contributed by atoms with van der Waals surface area (Å²) in [7, 11) is 0. The molecule has 4 rings (SSSR count). The number of nitrogens with zero attached hydrogens (tertiary/aromatic N) is 3. The molecule has 0 saturated heterocycles. The Morgan fingerprint density at radius 2 is 1.70 bits per heavy atom. The fraction of sp³-hybridized carbons (Fsp3) is 0.304. The topological polar surface area (TPSA) is 80.6 Å².